The van der Waals surface area contributed by atoms with Crippen LogP contribution in [0.2, 0.25) is 5.02 Å². The van der Waals surface area contributed by atoms with E-state index in [0.717, 1.165) is 6.07 Å². The minimum Gasteiger partial charge on any atom is -0.506 e. The molecule has 0 aliphatic carbocycles. The Labute approximate surface area is 172 Å². The molecule has 2 aromatic heterocycles. The molecular formula is C20H13ClF2N4O3. The highest BCUT2D eigenvalue weighted by atomic mass is 35.5. The number of nitrogens with one attached hydrogen (secondary N) is 2. The number of amides is 1. The van der Waals surface area contributed by atoms with Crippen LogP contribution >= 0.6 is 11.6 Å². The van der Waals surface area contributed by atoms with Crippen LogP contribution in [0.4, 0.5) is 8.78 Å². The van der Waals surface area contributed by atoms with Crippen LogP contribution in [-0.2, 0) is 6.54 Å². The molecule has 1 amide bonds. The number of hydrogen-bond acceptors (Lipinski definition) is 4. The van der Waals surface area contributed by atoms with Crippen LogP contribution in [-0.4, -0.2) is 25.8 Å². The van der Waals surface area contributed by atoms with Crippen LogP contribution < -0.4 is 10.9 Å². The number of rotatable bonds is 4. The lowest BCUT2D eigenvalue weighted by Crippen LogP contribution is -2.29. The van der Waals surface area contributed by atoms with Crippen molar-refractivity contribution in [2.45, 2.75) is 6.54 Å². The van der Waals surface area contributed by atoms with Crippen molar-refractivity contribution >= 4 is 28.5 Å². The molecule has 2 aromatic carbocycles. The average Bonchev–Trinajstić information content (AvgIpc) is 3.12. The van der Waals surface area contributed by atoms with Gasteiger partial charge in [0.15, 0.2) is 0 Å². The van der Waals surface area contributed by atoms with Crippen LogP contribution in [0, 0.1) is 11.6 Å². The number of aromatic amines is 1. The molecule has 0 fully saturated rings. The number of hydrogen-bond donors (Lipinski definition) is 3. The fourth-order valence-electron chi connectivity index (χ4n) is 2.97. The fraction of sp³-hybridized carbons (Fsp3) is 0.0500. The van der Waals surface area contributed by atoms with E-state index in [-0.39, 0.29) is 23.1 Å². The second-order valence-corrected chi connectivity index (χ2v) is 6.83. The molecule has 0 unspecified atom stereocenters. The Morgan fingerprint density at radius 3 is 2.63 bits per heavy atom. The molecule has 0 bridgehead atoms. The number of fused-ring (bicyclic) bond motifs is 1. The summed E-state index contributed by atoms with van der Waals surface area (Å²) in [5.74, 6) is -3.07. The lowest BCUT2D eigenvalue weighted by atomic mass is 10.1. The number of benzene rings is 2. The van der Waals surface area contributed by atoms with E-state index < -0.39 is 34.4 Å². The molecule has 4 rings (SSSR count). The standard InChI is InChI=1S/C20H13ClF2N4O3/c21-11-2-5-13(6-3-11)27-18-14(9-25-27)17(28)16(20(30)26-18)19(29)24-8-10-1-4-12(22)7-15(10)23/h1-7,9H,8H2,(H,24,29)(H2,26,28,30). The Balaban J connectivity index is 1.67. The van der Waals surface area contributed by atoms with Crippen molar-refractivity contribution in [3.63, 3.8) is 0 Å². The summed E-state index contributed by atoms with van der Waals surface area (Å²) in [7, 11) is 0. The minimum absolute atomic E-state index is 0.0253. The second-order valence-electron chi connectivity index (χ2n) is 6.39. The quantitative estimate of drug-likeness (QED) is 0.462. The predicted octanol–water partition coefficient (Wildman–Crippen LogP) is 3.28. The van der Waals surface area contributed by atoms with Gasteiger partial charge in [0.25, 0.3) is 11.5 Å². The second kappa shape index (κ2) is 7.60. The smallest absolute Gasteiger partial charge is 0.266 e. The number of aromatic hydroxyl groups is 1. The number of halogens is 3. The van der Waals surface area contributed by atoms with Gasteiger partial charge in [-0.2, -0.15) is 5.10 Å². The Bertz CT molecular complexity index is 1330. The summed E-state index contributed by atoms with van der Waals surface area (Å²) in [4.78, 5) is 27.5. The Morgan fingerprint density at radius 1 is 1.20 bits per heavy atom. The molecular weight excluding hydrogens is 418 g/mol. The van der Waals surface area contributed by atoms with Gasteiger partial charge in [-0.3, -0.25) is 9.59 Å². The molecule has 2 heterocycles. The van der Waals surface area contributed by atoms with Gasteiger partial charge in [0, 0.05) is 23.2 Å². The van der Waals surface area contributed by atoms with Crippen molar-refractivity contribution in [3.8, 4) is 11.4 Å². The van der Waals surface area contributed by atoms with E-state index in [9.17, 15) is 23.5 Å². The predicted molar refractivity (Wildman–Crippen MR) is 106 cm³/mol. The topological polar surface area (TPSA) is 100 Å². The molecule has 3 N–H and O–H groups in total. The van der Waals surface area contributed by atoms with Crippen molar-refractivity contribution in [2.75, 3.05) is 0 Å². The molecule has 0 aliphatic rings. The number of carbonyl (C=O) groups is 1. The third kappa shape index (κ3) is 3.50. The summed E-state index contributed by atoms with van der Waals surface area (Å²) in [6, 6.07) is 9.52. The van der Waals surface area contributed by atoms with E-state index in [4.69, 9.17) is 11.6 Å². The summed E-state index contributed by atoms with van der Waals surface area (Å²) in [5.41, 5.74) is -0.611. The van der Waals surface area contributed by atoms with Gasteiger partial charge in [-0.25, -0.2) is 13.5 Å². The van der Waals surface area contributed by atoms with Crippen molar-refractivity contribution < 1.29 is 18.7 Å². The van der Waals surface area contributed by atoms with Gasteiger partial charge in [-0.1, -0.05) is 17.7 Å². The van der Waals surface area contributed by atoms with Gasteiger partial charge in [0.05, 0.1) is 17.3 Å². The van der Waals surface area contributed by atoms with Crippen LogP contribution in [0.15, 0.2) is 53.5 Å². The van der Waals surface area contributed by atoms with Crippen LogP contribution in [0.5, 0.6) is 5.75 Å². The highest BCUT2D eigenvalue weighted by Crippen LogP contribution is 2.26. The zero-order valence-corrected chi connectivity index (χ0v) is 15.9. The zero-order chi connectivity index (χ0) is 21.4. The van der Waals surface area contributed by atoms with E-state index in [1.165, 1.54) is 16.9 Å². The lowest BCUT2D eigenvalue weighted by molar-refractivity contribution is 0.0946. The van der Waals surface area contributed by atoms with Gasteiger partial charge >= 0.3 is 0 Å². The van der Waals surface area contributed by atoms with Gasteiger partial charge in [-0.15, -0.1) is 0 Å². The molecule has 10 heteroatoms. The monoisotopic (exact) mass is 430 g/mol. The molecule has 0 atom stereocenters. The van der Waals surface area contributed by atoms with Crippen molar-refractivity contribution in [3.05, 3.63) is 86.8 Å². The lowest BCUT2D eigenvalue weighted by Gasteiger charge is -2.09. The van der Waals surface area contributed by atoms with E-state index in [1.807, 2.05) is 0 Å². The van der Waals surface area contributed by atoms with Crippen LogP contribution in [0.25, 0.3) is 16.7 Å². The van der Waals surface area contributed by atoms with E-state index in [2.05, 4.69) is 15.4 Å². The number of aromatic nitrogens is 3. The molecule has 0 radical (unpaired) electrons. The fourth-order valence-corrected chi connectivity index (χ4v) is 3.10. The third-order valence-electron chi connectivity index (χ3n) is 4.47. The maximum Gasteiger partial charge on any atom is 0.266 e. The highest BCUT2D eigenvalue weighted by Gasteiger charge is 2.22. The van der Waals surface area contributed by atoms with Gasteiger partial charge in [0.1, 0.15) is 28.6 Å². The van der Waals surface area contributed by atoms with Crippen molar-refractivity contribution in [1.29, 1.82) is 0 Å². The molecule has 30 heavy (non-hydrogen) atoms. The Morgan fingerprint density at radius 2 is 1.93 bits per heavy atom. The maximum atomic E-state index is 13.7. The molecule has 0 saturated carbocycles. The number of H-pyrrole nitrogens is 1. The SMILES string of the molecule is O=C(NCc1ccc(F)cc1F)c1c(O)c2cnn(-c3ccc(Cl)cc3)c2[nH]c1=O. The molecule has 152 valence electrons. The summed E-state index contributed by atoms with van der Waals surface area (Å²) in [5, 5.41) is 17.7. The largest absolute Gasteiger partial charge is 0.506 e. The van der Waals surface area contributed by atoms with Crippen LogP contribution in [0.1, 0.15) is 15.9 Å². The van der Waals surface area contributed by atoms with Crippen molar-refractivity contribution in [1.82, 2.24) is 20.1 Å². The molecule has 0 saturated heterocycles. The van der Waals surface area contributed by atoms with E-state index in [0.29, 0.717) is 16.8 Å². The van der Waals surface area contributed by atoms with Gasteiger partial charge in [-0.05, 0) is 30.3 Å². The van der Waals surface area contributed by atoms with Gasteiger partial charge < -0.3 is 15.4 Å². The van der Waals surface area contributed by atoms with Gasteiger partial charge in [0.2, 0.25) is 0 Å². The average molecular weight is 431 g/mol. The summed E-state index contributed by atoms with van der Waals surface area (Å²) in [6.07, 6.45) is 1.30. The Hall–Kier alpha value is -3.72. The summed E-state index contributed by atoms with van der Waals surface area (Å²) >= 11 is 5.87. The first-order valence-electron chi connectivity index (χ1n) is 8.66. The van der Waals surface area contributed by atoms with Crippen LogP contribution in [0.3, 0.4) is 0 Å². The van der Waals surface area contributed by atoms with Crippen molar-refractivity contribution in [2.24, 2.45) is 0 Å². The first-order chi connectivity index (χ1) is 14.3. The summed E-state index contributed by atoms with van der Waals surface area (Å²) < 4.78 is 28.1. The molecule has 0 aliphatic heterocycles. The number of carbonyl (C=O) groups excluding carboxylic acids is 1. The first-order valence-corrected chi connectivity index (χ1v) is 9.04. The maximum absolute atomic E-state index is 13.7. The molecule has 7 nitrogen and oxygen atoms in total. The third-order valence-corrected chi connectivity index (χ3v) is 4.72. The summed E-state index contributed by atoms with van der Waals surface area (Å²) in [6.45, 7) is -0.300. The molecule has 4 aromatic rings. The number of nitrogens with zero attached hydrogens (tertiary/aromatic N) is 2. The normalized spacial score (nSPS) is 11.0. The zero-order valence-electron chi connectivity index (χ0n) is 15.1. The minimum atomic E-state index is -0.918. The number of pyridine rings is 1. The molecule has 0 spiro atoms. The first kappa shape index (κ1) is 19.6. The van der Waals surface area contributed by atoms with E-state index >= 15 is 0 Å². The Kier molecular flexibility index (Phi) is 4.96. The highest BCUT2D eigenvalue weighted by molar-refractivity contribution is 6.30. The van der Waals surface area contributed by atoms with E-state index in [1.54, 1.807) is 24.3 Å².